The quantitative estimate of drug-likeness (QED) is 0.890. The molecule has 2 rings (SSSR count). The van der Waals surface area contributed by atoms with E-state index in [1.807, 2.05) is 18.4 Å². The predicted molar refractivity (Wildman–Crippen MR) is 88.8 cm³/mol. The molecule has 0 aliphatic carbocycles. The number of nitrogens with zero attached hydrogens (tertiary/aromatic N) is 2. The van der Waals surface area contributed by atoms with E-state index in [4.69, 9.17) is 4.98 Å². The summed E-state index contributed by atoms with van der Waals surface area (Å²) >= 11 is 1.89. The molecule has 0 bridgehead atoms. The second kappa shape index (κ2) is 6.90. The first-order valence-electron chi connectivity index (χ1n) is 7.97. The number of hydrogen-bond acceptors (Lipinski definition) is 4. The summed E-state index contributed by atoms with van der Waals surface area (Å²) in [5.74, 6) is 1.41. The Morgan fingerprint density at radius 2 is 2.20 bits per heavy atom. The monoisotopic (exact) mass is 295 g/mol. The van der Waals surface area contributed by atoms with Crippen LogP contribution in [-0.2, 0) is 6.54 Å². The molecule has 0 amide bonds. The molecule has 0 radical (unpaired) electrons. The summed E-state index contributed by atoms with van der Waals surface area (Å²) in [6.45, 7) is 11.4. The van der Waals surface area contributed by atoms with E-state index in [1.165, 1.54) is 28.5 Å². The Hall–Kier alpha value is -0.610. The van der Waals surface area contributed by atoms with Gasteiger partial charge in [0, 0.05) is 24.0 Å². The fraction of sp³-hybridized carbons (Fsp3) is 0.812. The van der Waals surface area contributed by atoms with Crippen LogP contribution in [0.15, 0.2) is 0 Å². The molecule has 114 valence electrons. The van der Waals surface area contributed by atoms with E-state index in [1.54, 1.807) is 0 Å². The van der Waals surface area contributed by atoms with Crippen molar-refractivity contribution in [2.24, 2.45) is 5.92 Å². The van der Waals surface area contributed by atoms with Crippen LogP contribution < -0.4 is 10.2 Å². The number of piperidine rings is 1. The standard InChI is InChI=1S/C16H29N3S/c1-6-12(3)15-14(10-17-5)20-16(18-15)19-8-7-11(2)9-13(19)4/h11-13,17H,6-10H2,1-5H3. The first-order chi connectivity index (χ1) is 9.56. The molecular formula is C16H29N3S. The van der Waals surface area contributed by atoms with Crippen LogP contribution in [0.4, 0.5) is 5.13 Å². The van der Waals surface area contributed by atoms with E-state index >= 15 is 0 Å². The number of nitrogens with one attached hydrogen (secondary N) is 1. The lowest BCUT2D eigenvalue weighted by atomic mass is 9.94. The highest BCUT2D eigenvalue weighted by molar-refractivity contribution is 7.15. The van der Waals surface area contributed by atoms with Crippen molar-refractivity contribution in [1.29, 1.82) is 0 Å². The molecule has 1 aromatic heterocycles. The summed E-state index contributed by atoms with van der Waals surface area (Å²) in [5, 5.41) is 4.53. The van der Waals surface area contributed by atoms with Gasteiger partial charge in [-0.05, 0) is 45.1 Å². The first kappa shape index (κ1) is 15.8. The number of hydrogen-bond donors (Lipinski definition) is 1. The Balaban J connectivity index is 2.23. The second-order valence-corrected chi connectivity index (χ2v) is 7.38. The van der Waals surface area contributed by atoms with E-state index in [0.29, 0.717) is 12.0 Å². The number of anilines is 1. The third-order valence-corrected chi connectivity index (χ3v) is 5.63. The second-order valence-electron chi connectivity index (χ2n) is 6.32. The lowest BCUT2D eigenvalue weighted by molar-refractivity contribution is 0.377. The van der Waals surface area contributed by atoms with Gasteiger partial charge in [0.05, 0.1) is 5.69 Å². The summed E-state index contributed by atoms with van der Waals surface area (Å²) in [4.78, 5) is 8.95. The highest BCUT2D eigenvalue weighted by Gasteiger charge is 2.26. The molecule has 1 saturated heterocycles. The molecule has 3 unspecified atom stereocenters. The van der Waals surface area contributed by atoms with Crippen LogP contribution in [0.25, 0.3) is 0 Å². The summed E-state index contributed by atoms with van der Waals surface area (Å²) < 4.78 is 0. The summed E-state index contributed by atoms with van der Waals surface area (Å²) in [7, 11) is 2.02. The van der Waals surface area contributed by atoms with Crippen molar-refractivity contribution in [3.63, 3.8) is 0 Å². The molecular weight excluding hydrogens is 266 g/mol. The van der Waals surface area contributed by atoms with Gasteiger partial charge < -0.3 is 10.2 Å². The number of rotatable bonds is 5. The van der Waals surface area contributed by atoms with Gasteiger partial charge in [0.1, 0.15) is 0 Å². The minimum Gasteiger partial charge on any atom is -0.345 e. The fourth-order valence-electron chi connectivity index (χ4n) is 3.03. The Morgan fingerprint density at radius 3 is 2.80 bits per heavy atom. The van der Waals surface area contributed by atoms with Gasteiger partial charge in [0.15, 0.2) is 5.13 Å². The molecule has 1 N–H and O–H groups in total. The van der Waals surface area contributed by atoms with Gasteiger partial charge in [-0.2, -0.15) is 0 Å². The fourth-order valence-corrected chi connectivity index (χ4v) is 4.35. The van der Waals surface area contributed by atoms with Crippen molar-refractivity contribution < 1.29 is 0 Å². The Kier molecular flexibility index (Phi) is 5.44. The Bertz CT molecular complexity index is 429. The van der Waals surface area contributed by atoms with E-state index in [9.17, 15) is 0 Å². The van der Waals surface area contributed by atoms with Crippen molar-refractivity contribution in [3.05, 3.63) is 10.6 Å². The van der Waals surface area contributed by atoms with Crippen LogP contribution in [0.5, 0.6) is 0 Å². The van der Waals surface area contributed by atoms with Crippen LogP contribution >= 0.6 is 11.3 Å². The maximum absolute atomic E-state index is 5.00. The van der Waals surface area contributed by atoms with Gasteiger partial charge in [-0.1, -0.05) is 20.8 Å². The van der Waals surface area contributed by atoms with Crippen molar-refractivity contribution >= 4 is 16.5 Å². The third-order valence-electron chi connectivity index (χ3n) is 4.52. The molecule has 3 nitrogen and oxygen atoms in total. The molecule has 2 heterocycles. The highest BCUT2D eigenvalue weighted by Crippen LogP contribution is 2.35. The van der Waals surface area contributed by atoms with E-state index in [0.717, 1.165) is 25.4 Å². The summed E-state index contributed by atoms with van der Waals surface area (Å²) in [6.07, 6.45) is 3.75. The maximum Gasteiger partial charge on any atom is 0.186 e. The molecule has 0 aromatic carbocycles. The van der Waals surface area contributed by atoms with Crippen molar-refractivity contribution in [2.45, 2.75) is 65.5 Å². The van der Waals surface area contributed by atoms with E-state index in [2.05, 4.69) is 37.9 Å². The SMILES string of the molecule is CCC(C)c1nc(N2CCC(C)CC2C)sc1CNC. The molecule has 0 saturated carbocycles. The molecule has 4 heteroatoms. The molecule has 1 aliphatic rings. The largest absolute Gasteiger partial charge is 0.345 e. The molecule has 1 aromatic rings. The molecule has 1 aliphatic heterocycles. The van der Waals surface area contributed by atoms with Crippen molar-refractivity contribution in [2.75, 3.05) is 18.5 Å². The van der Waals surface area contributed by atoms with Crippen LogP contribution in [0, 0.1) is 5.92 Å². The van der Waals surface area contributed by atoms with Gasteiger partial charge in [0.2, 0.25) is 0 Å². The summed E-state index contributed by atoms with van der Waals surface area (Å²) in [5.41, 5.74) is 1.31. The molecule has 3 atom stereocenters. The third kappa shape index (κ3) is 3.34. The van der Waals surface area contributed by atoms with Crippen LogP contribution in [0.1, 0.15) is 63.4 Å². The molecule has 1 fully saturated rings. The zero-order chi connectivity index (χ0) is 14.7. The Labute approximate surface area is 127 Å². The highest BCUT2D eigenvalue weighted by atomic mass is 32.1. The molecule has 20 heavy (non-hydrogen) atoms. The lowest BCUT2D eigenvalue weighted by Crippen LogP contribution is -2.40. The number of aromatic nitrogens is 1. The van der Waals surface area contributed by atoms with Gasteiger partial charge in [-0.3, -0.25) is 0 Å². The zero-order valence-electron chi connectivity index (χ0n) is 13.6. The predicted octanol–water partition coefficient (Wildman–Crippen LogP) is 4.00. The van der Waals surface area contributed by atoms with Gasteiger partial charge >= 0.3 is 0 Å². The average Bonchev–Trinajstić information content (AvgIpc) is 2.82. The normalized spacial score (nSPS) is 24.9. The van der Waals surface area contributed by atoms with Crippen LogP contribution in [-0.4, -0.2) is 24.6 Å². The number of thiazole rings is 1. The van der Waals surface area contributed by atoms with Crippen molar-refractivity contribution in [1.82, 2.24) is 10.3 Å². The minimum atomic E-state index is 0.558. The lowest BCUT2D eigenvalue weighted by Gasteiger charge is -2.36. The molecule has 0 spiro atoms. The van der Waals surface area contributed by atoms with E-state index < -0.39 is 0 Å². The minimum absolute atomic E-state index is 0.558. The average molecular weight is 295 g/mol. The maximum atomic E-state index is 5.00. The van der Waals surface area contributed by atoms with Crippen LogP contribution in [0.2, 0.25) is 0 Å². The van der Waals surface area contributed by atoms with Gasteiger partial charge in [-0.25, -0.2) is 4.98 Å². The van der Waals surface area contributed by atoms with E-state index in [-0.39, 0.29) is 0 Å². The van der Waals surface area contributed by atoms with Crippen molar-refractivity contribution in [3.8, 4) is 0 Å². The smallest absolute Gasteiger partial charge is 0.186 e. The van der Waals surface area contributed by atoms with Gasteiger partial charge in [0.25, 0.3) is 0 Å². The zero-order valence-corrected chi connectivity index (χ0v) is 14.4. The van der Waals surface area contributed by atoms with Crippen LogP contribution in [0.3, 0.4) is 0 Å². The summed E-state index contributed by atoms with van der Waals surface area (Å²) in [6, 6.07) is 0.622. The first-order valence-corrected chi connectivity index (χ1v) is 8.79. The topological polar surface area (TPSA) is 28.2 Å². The van der Waals surface area contributed by atoms with Gasteiger partial charge in [-0.15, -0.1) is 11.3 Å². The Morgan fingerprint density at radius 1 is 1.45 bits per heavy atom.